The monoisotopic (exact) mass is 372 g/mol. The first kappa shape index (κ1) is 18.7. The van der Waals surface area contributed by atoms with E-state index in [-0.39, 0.29) is 11.6 Å². The van der Waals surface area contributed by atoms with Gasteiger partial charge in [0.25, 0.3) is 0 Å². The summed E-state index contributed by atoms with van der Waals surface area (Å²) in [4.78, 5) is 9.35. The molecule has 6 heteroatoms. The molecule has 2 heterocycles. The Labute approximate surface area is 159 Å². The number of thiazole rings is 1. The minimum absolute atomic E-state index is 0.161. The van der Waals surface area contributed by atoms with Gasteiger partial charge in [-0.05, 0) is 33.3 Å². The summed E-state index contributed by atoms with van der Waals surface area (Å²) < 4.78 is 6.13. The number of aromatic nitrogens is 1. The lowest BCUT2D eigenvalue weighted by molar-refractivity contribution is 0.0694. The third-order valence-corrected chi connectivity index (χ3v) is 5.37. The Hall–Kier alpha value is -2.08. The van der Waals surface area contributed by atoms with Crippen molar-refractivity contribution < 1.29 is 4.74 Å². The Kier molecular flexibility index (Phi) is 5.81. The number of hydrogen-bond donors (Lipinski definition) is 2. The summed E-state index contributed by atoms with van der Waals surface area (Å²) >= 11 is 1.70. The highest BCUT2D eigenvalue weighted by Crippen LogP contribution is 2.39. The number of aliphatic imine (C=N–C) groups is 1. The quantitative estimate of drug-likeness (QED) is 0.614. The summed E-state index contributed by atoms with van der Waals surface area (Å²) in [5, 5.41) is 10.2. The van der Waals surface area contributed by atoms with Crippen LogP contribution < -0.4 is 15.4 Å². The van der Waals surface area contributed by atoms with E-state index >= 15 is 0 Å². The first-order valence-electron chi connectivity index (χ1n) is 9.27. The number of nitrogens with zero attached hydrogens (tertiary/aromatic N) is 2. The highest BCUT2D eigenvalue weighted by atomic mass is 32.1. The fourth-order valence-electron chi connectivity index (χ4n) is 3.16. The summed E-state index contributed by atoms with van der Waals surface area (Å²) in [6.07, 6.45) is 1.85. The van der Waals surface area contributed by atoms with Crippen molar-refractivity contribution in [2.24, 2.45) is 4.99 Å². The van der Waals surface area contributed by atoms with E-state index in [1.807, 2.05) is 12.1 Å². The number of guanidine groups is 1. The van der Waals surface area contributed by atoms with E-state index in [0.717, 1.165) is 41.8 Å². The van der Waals surface area contributed by atoms with Crippen LogP contribution in [-0.4, -0.2) is 23.1 Å². The van der Waals surface area contributed by atoms with Gasteiger partial charge in [-0.3, -0.25) is 0 Å². The van der Waals surface area contributed by atoms with Crippen LogP contribution in [0.5, 0.6) is 5.75 Å². The average molecular weight is 373 g/mol. The maximum atomic E-state index is 6.13. The van der Waals surface area contributed by atoms with Crippen molar-refractivity contribution >= 4 is 17.3 Å². The number of nitrogens with one attached hydrogen (secondary N) is 2. The highest BCUT2D eigenvalue weighted by molar-refractivity contribution is 7.09. The molecule has 140 valence electrons. The zero-order valence-electron chi connectivity index (χ0n) is 16.0. The van der Waals surface area contributed by atoms with Crippen molar-refractivity contribution in [1.29, 1.82) is 0 Å². The molecular formula is C20H28N4OS. The Morgan fingerprint density at radius 1 is 1.35 bits per heavy atom. The van der Waals surface area contributed by atoms with Crippen LogP contribution >= 0.6 is 11.3 Å². The van der Waals surface area contributed by atoms with Crippen molar-refractivity contribution in [2.75, 3.05) is 6.54 Å². The number of benzene rings is 1. The standard InChI is InChI=1S/C20H28N4OS/c1-5-18-23-14(13-26-18)12-22-19(21-6-2)24-16-11-20(3,4)25-17-10-8-7-9-15(16)17/h7-10,13,16H,5-6,11-12H2,1-4H3,(H2,21,22,24). The summed E-state index contributed by atoms with van der Waals surface area (Å²) in [6.45, 7) is 9.86. The van der Waals surface area contributed by atoms with Crippen molar-refractivity contribution in [2.45, 2.75) is 58.7 Å². The van der Waals surface area contributed by atoms with Crippen LogP contribution in [0.25, 0.3) is 0 Å². The van der Waals surface area contributed by atoms with E-state index < -0.39 is 0 Å². The molecule has 1 atom stereocenters. The van der Waals surface area contributed by atoms with Crippen LogP contribution in [0.4, 0.5) is 0 Å². The molecule has 0 fully saturated rings. The van der Waals surface area contributed by atoms with Crippen molar-refractivity contribution in [3.63, 3.8) is 0 Å². The van der Waals surface area contributed by atoms with Crippen LogP contribution in [0, 0.1) is 0 Å². The summed E-state index contributed by atoms with van der Waals surface area (Å²) in [6, 6.07) is 8.40. The van der Waals surface area contributed by atoms with Gasteiger partial charge in [0.1, 0.15) is 11.4 Å². The molecule has 1 unspecified atom stereocenters. The Morgan fingerprint density at radius 2 is 2.15 bits per heavy atom. The molecule has 3 rings (SSSR count). The SMILES string of the molecule is CCNC(=NCc1csc(CC)n1)NC1CC(C)(C)Oc2ccccc21. The third kappa shape index (κ3) is 4.55. The zero-order chi connectivity index (χ0) is 18.6. The van der Waals surface area contributed by atoms with Crippen LogP contribution in [0.2, 0.25) is 0 Å². The molecule has 0 saturated carbocycles. The Bertz CT molecular complexity index is 769. The zero-order valence-corrected chi connectivity index (χ0v) is 16.8. The number of fused-ring (bicyclic) bond motifs is 1. The first-order chi connectivity index (χ1) is 12.5. The van der Waals surface area contributed by atoms with Crippen LogP contribution in [0.1, 0.15) is 56.4 Å². The summed E-state index contributed by atoms with van der Waals surface area (Å²) in [5.74, 6) is 1.76. The molecule has 2 N–H and O–H groups in total. The second kappa shape index (κ2) is 8.08. The minimum atomic E-state index is -0.214. The summed E-state index contributed by atoms with van der Waals surface area (Å²) in [5.41, 5.74) is 1.99. The number of aryl methyl sites for hydroxylation is 1. The molecule has 0 saturated heterocycles. The molecule has 0 bridgehead atoms. The molecule has 0 aliphatic carbocycles. The van der Waals surface area contributed by atoms with E-state index in [1.165, 1.54) is 5.56 Å². The van der Waals surface area contributed by atoms with E-state index in [1.54, 1.807) is 11.3 Å². The molecular weight excluding hydrogens is 344 g/mol. The fraction of sp³-hybridized carbons (Fsp3) is 0.500. The van der Waals surface area contributed by atoms with Gasteiger partial charge >= 0.3 is 0 Å². The topological polar surface area (TPSA) is 58.5 Å². The lowest BCUT2D eigenvalue weighted by Gasteiger charge is -2.38. The number of hydrogen-bond acceptors (Lipinski definition) is 4. The molecule has 1 aliphatic heterocycles. The van der Waals surface area contributed by atoms with Crippen LogP contribution in [0.3, 0.4) is 0 Å². The summed E-state index contributed by atoms with van der Waals surface area (Å²) in [7, 11) is 0. The number of rotatable bonds is 5. The van der Waals surface area contributed by atoms with Crippen LogP contribution in [0.15, 0.2) is 34.6 Å². The molecule has 5 nitrogen and oxygen atoms in total. The van der Waals surface area contributed by atoms with Crippen molar-refractivity contribution in [3.8, 4) is 5.75 Å². The second-order valence-corrected chi connectivity index (χ2v) is 8.02. The largest absolute Gasteiger partial charge is 0.487 e. The number of para-hydroxylation sites is 1. The molecule has 1 aliphatic rings. The van der Waals surface area contributed by atoms with Gasteiger partial charge in [0, 0.05) is 23.9 Å². The van der Waals surface area contributed by atoms with Gasteiger partial charge < -0.3 is 15.4 Å². The molecule has 26 heavy (non-hydrogen) atoms. The normalized spacial score (nSPS) is 18.8. The fourth-order valence-corrected chi connectivity index (χ4v) is 3.90. The minimum Gasteiger partial charge on any atom is -0.487 e. The molecule has 0 radical (unpaired) electrons. The highest BCUT2D eigenvalue weighted by Gasteiger charge is 2.33. The van der Waals surface area contributed by atoms with Crippen molar-refractivity contribution in [3.05, 3.63) is 45.9 Å². The van der Waals surface area contributed by atoms with Gasteiger partial charge in [0.2, 0.25) is 0 Å². The predicted octanol–water partition coefficient (Wildman–Crippen LogP) is 4.06. The predicted molar refractivity (Wildman–Crippen MR) is 108 cm³/mol. The average Bonchev–Trinajstić information content (AvgIpc) is 3.07. The maximum Gasteiger partial charge on any atom is 0.192 e. The van der Waals surface area contributed by atoms with E-state index in [2.05, 4.69) is 60.8 Å². The lowest BCUT2D eigenvalue weighted by Crippen LogP contribution is -2.45. The van der Waals surface area contributed by atoms with E-state index in [9.17, 15) is 0 Å². The van der Waals surface area contributed by atoms with E-state index in [4.69, 9.17) is 9.73 Å². The van der Waals surface area contributed by atoms with Gasteiger partial charge in [-0.2, -0.15) is 0 Å². The molecule has 2 aromatic rings. The third-order valence-electron chi connectivity index (χ3n) is 4.33. The van der Waals surface area contributed by atoms with Crippen LogP contribution in [-0.2, 0) is 13.0 Å². The Balaban J connectivity index is 1.77. The van der Waals surface area contributed by atoms with Gasteiger partial charge in [-0.15, -0.1) is 11.3 Å². The molecule has 1 aromatic carbocycles. The van der Waals surface area contributed by atoms with Gasteiger partial charge in [-0.1, -0.05) is 25.1 Å². The van der Waals surface area contributed by atoms with Gasteiger partial charge in [0.15, 0.2) is 5.96 Å². The smallest absolute Gasteiger partial charge is 0.192 e. The lowest BCUT2D eigenvalue weighted by atomic mass is 9.90. The van der Waals surface area contributed by atoms with Gasteiger partial charge in [-0.25, -0.2) is 9.98 Å². The van der Waals surface area contributed by atoms with E-state index in [0.29, 0.717) is 6.54 Å². The number of ether oxygens (including phenoxy) is 1. The van der Waals surface area contributed by atoms with Gasteiger partial charge in [0.05, 0.1) is 23.3 Å². The molecule has 0 amide bonds. The molecule has 0 spiro atoms. The Morgan fingerprint density at radius 3 is 2.88 bits per heavy atom. The second-order valence-electron chi connectivity index (χ2n) is 7.08. The maximum absolute atomic E-state index is 6.13. The molecule has 1 aromatic heterocycles. The van der Waals surface area contributed by atoms with Crippen molar-refractivity contribution in [1.82, 2.24) is 15.6 Å². The first-order valence-corrected chi connectivity index (χ1v) is 10.1.